The first-order chi connectivity index (χ1) is 13.6. The summed E-state index contributed by atoms with van der Waals surface area (Å²) in [6.45, 7) is 2.02. The first-order valence-electron chi connectivity index (χ1n) is 8.72. The van der Waals surface area contributed by atoms with Gasteiger partial charge in [-0.05, 0) is 47.5 Å². The standard InChI is InChI=1S/C23H16BrN3S/c1-15-10-20(24)8-9-21(15)26-13-19(12-25)23-27-22(14-28-23)18-7-6-16-4-2-3-5-17(16)11-18/h2-11,13-14,26H,1H3/b19-13+. The van der Waals surface area contributed by atoms with Gasteiger partial charge in [-0.1, -0.05) is 52.3 Å². The van der Waals surface area contributed by atoms with Gasteiger partial charge in [0.1, 0.15) is 16.6 Å². The lowest BCUT2D eigenvalue weighted by atomic mass is 10.1. The van der Waals surface area contributed by atoms with E-state index < -0.39 is 0 Å². The summed E-state index contributed by atoms with van der Waals surface area (Å²) in [5.74, 6) is 0. The van der Waals surface area contributed by atoms with Crippen molar-refractivity contribution in [2.75, 3.05) is 5.32 Å². The van der Waals surface area contributed by atoms with Gasteiger partial charge >= 0.3 is 0 Å². The average molecular weight is 446 g/mol. The molecule has 0 radical (unpaired) electrons. The molecule has 1 N–H and O–H groups in total. The third-order valence-electron chi connectivity index (χ3n) is 4.46. The number of benzene rings is 3. The van der Waals surface area contributed by atoms with E-state index in [9.17, 15) is 5.26 Å². The Bertz CT molecular complexity index is 1230. The van der Waals surface area contributed by atoms with Crippen molar-refractivity contribution < 1.29 is 0 Å². The minimum Gasteiger partial charge on any atom is -0.360 e. The predicted molar refractivity (Wildman–Crippen MR) is 121 cm³/mol. The number of aryl methyl sites for hydroxylation is 1. The lowest BCUT2D eigenvalue weighted by Gasteiger charge is -2.06. The summed E-state index contributed by atoms with van der Waals surface area (Å²) in [4.78, 5) is 4.69. The highest BCUT2D eigenvalue weighted by Crippen LogP contribution is 2.29. The van der Waals surface area contributed by atoms with Gasteiger partial charge in [-0.3, -0.25) is 0 Å². The van der Waals surface area contributed by atoms with E-state index >= 15 is 0 Å². The smallest absolute Gasteiger partial charge is 0.136 e. The van der Waals surface area contributed by atoms with Crippen molar-refractivity contribution in [3.05, 3.63) is 87.3 Å². The first kappa shape index (κ1) is 18.4. The summed E-state index contributed by atoms with van der Waals surface area (Å²) in [5.41, 5.74) is 4.50. The molecule has 3 nitrogen and oxygen atoms in total. The van der Waals surface area contributed by atoms with Crippen molar-refractivity contribution in [2.24, 2.45) is 0 Å². The van der Waals surface area contributed by atoms with Crippen LogP contribution in [0.5, 0.6) is 0 Å². The van der Waals surface area contributed by atoms with Gasteiger partial charge in [-0.15, -0.1) is 11.3 Å². The number of hydrogen-bond acceptors (Lipinski definition) is 4. The number of thiazole rings is 1. The molecule has 4 aromatic rings. The largest absolute Gasteiger partial charge is 0.360 e. The second-order valence-electron chi connectivity index (χ2n) is 6.37. The van der Waals surface area contributed by atoms with E-state index in [2.05, 4.69) is 62.6 Å². The minimum absolute atomic E-state index is 0.513. The lowest BCUT2D eigenvalue weighted by Crippen LogP contribution is -1.93. The number of anilines is 1. The molecule has 4 rings (SSSR count). The highest BCUT2D eigenvalue weighted by molar-refractivity contribution is 9.10. The Kier molecular flexibility index (Phi) is 5.25. The molecule has 0 aliphatic heterocycles. The van der Waals surface area contributed by atoms with Gasteiger partial charge < -0.3 is 5.32 Å². The number of nitriles is 1. The van der Waals surface area contributed by atoms with E-state index in [4.69, 9.17) is 0 Å². The van der Waals surface area contributed by atoms with Crippen molar-refractivity contribution in [3.8, 4) is 17.3 Å². The fraction of sp³-hybridized carbons (Fsp3) is 0.0435. The molecular weight excluding hydrogens is 430 g/mol. The Balaban J connectivity index is 1.61. The van der Waals surface area contributed by atoms with E-state index in [0.29, 0.717) is 10.6 Å². The van der Waals surface area contributed by atoms with Crippen molar-refractivity contribution >= 4 is 49.3 Å². The van der Waals surface area contributed by atoms with E-state index in [1.807, 2.05) is 42.6 Å². The Morgan fingerprint density at radius 3 is 2.71 bits per heavy atom. The third-order valence-corrected chi connectivity index (χ3v) is 5.83. The average Bonchev–Trinajstić information content (AvgIpc) is 3.19. The fourth-order valence-corrected chi connectivity index (χ4v) is 4.23. The Morgan fingerprint density at radius 2 is 1.93 bits per heavy atom. The summed E-state index contributed by atoms with van der Waals surface area (Å²) >= 11 is 4.94. The van der Waals surface area contributed by atoms with E-state index in [-0.39, 0.29) is 0 Å². The molecule has 28 heavy (non-hydrogen) atoms. The minimum atomic E-state index is 0.513. The Morgan fingerprint density at radius 1 is 1.11 bits per heavy atom. The van der Waals surface area contributed by atoms with Crippen LogP contribution >= 0.6 is 27.3 Å². The summed E-state index contributed by atoms with van der Waals surface area (Å²) in [7, 11) is 0. The van der Waals surface area contributed by atoms with E-state index in [0.717, 1.165) is 27.0 Å². The molecule has 0 aliphatic rings. The van der Waals surface area contributed by atoms with Gasteiger partial charge in [0.15, 0.2) is 0 Å². The van der Waals surface area contributed by atoms with Crippen molar-refractivity contribution in [3.63, 3.8) is 0 Å². The zero-order valence-corrected chi connectivity index (χ0v) is 17.5. The van der Waals surface area contributed by atoms with Crippen molar-refractivity contribution in [1.29, 1.82) is 5.26 Å². The number of nitrogens with one attached hydrogen (secondary N) is 1. The fourth-order valence-electron chi connectivity index (χ4n) is 2.96. The van der Waals surface area contributed by atoms with Crippen LogP contribution in [-0.2, 0) is 0 Å². The van der Waals surface area contributed by atoms with Gasteiger partial charge in [-0.25, -0.2) is 4.98 Å². The quantitative estimate of drug-likeness (QED) is 0.343. The van der Waals surface area contributed by atoms with Gasteiger partial charge in [0, 0.05) is 27.3 Å². The summed E-state index contributed by atoms with van der Waals surface area (Å²) < 4.78 is 1.03. The van der Waals surface area contributed by atoms with Crippen LogP contribution < -0.4 is 5.32 Å². The monoisotopic (exact) mass is 445 g/mol. The molecule has 1 aromatic heterocycles. The van der Waals surface area contributed by atoms with E-state index in [1.54, 1.807) is 6.20 Å². The topological polar surface area (TPSA) is 48.7 Å². The maximum atomic E-state index is 9.59. The number of fused-ring (bicyclic) bond motifs is 1. The van der Waals surface area contributed by atoms with Crippen LogP contribution in [0.3, 0.4) is 0 Å². The molecule has 0 atom stereocenters. The van der Waals surface area contributed by atoms with Gasteiger partial charge in [-0.2, -0.15) is 5.26 Å². The molecule has 1 heterocycles. The summed E-state index contributed by atoms with van der Waals surface area (Å²) in [6.07, 6.45) is 1.72. The molecular formula is C23H16BrN3S. The molecule has 0 saturated carbocycles. The van der Waals surface area contributed by atoms with Crippen molar-refractivity contribution in [1.82, 2.24) is 4.98 Å². The van der Waals surface area contributed by atoms with Crippen LogP contribution in [0, 0.1) is 18.3 Å². The number of allylic oxidation sites excluding steroid dienone is 1. The molecule has 3 aromatic carbocycles. The molecule has 0 unspecified atom stereocenters. The number of nitrogens with zero attached hydrogens (tertiary/aromatic N) is 2. The third kappa shape index (κ3) is 3.84. The Labute approximate surface area is 176 Å². The summed E-state index contributed by atoms with van der Waals surface area (Å²) in [6, 6.07) is 22.8. The summed E-state index contributed by atoms with van der Waals surface area (Å²) in [5, 5.41) is 17.9. The predicted octanol–water partition coefficient (Wildman–Crippen LogP) is 7.01. The lowest BCUT2D eigenvalue weighted by molar-refractivity contribution is 1.36. The van der Waals surface area contributed by atoms with Crippen LogP contribution in [0.1, 0.15) is 10.6 Å². The van der Waals surface area contributed by atoms with Crippen molar-refractivity contribution in [2.45, 2.75) is 6.92 Å². The number of halogens is 1. The highest BCUT2D eigenvalue weighted by atomic mass is 79.9. The van der Waals surface area contributed by atoms with E-state index in [1.165, 1.54) is 22.1 Å². The molecule has 0 fully saturated rings. The molecule has 0 saturated heterocycles. The number of rotatable bonds is 4. The second-order valence-corrected chi connectivity index (χ2v) is 8.15. The number of hydrogen-bond donors (Lipinski definition) is 1. The van der Waals surface area contributed by atoms with Gasteiger partial charge in [0.05, 0.1) is 5.69 Å². The molecule has 0 bridgehead atoms. The number of aromatic nitrogens is 1. The molecule has 0 amide bonds. The highest BCUT2D eigenvalue weighted by Gasteiger charge is 2.10. The molecule has 0 aliphatic carbocycles. The molecule has 136 valence electrons. The SMILES string of the molecule is Cc1cc(Br)ccc1N/C=C(\C#N)c1nc(-c2ccc3ccccc3c2)cs1. The normalized spacial score (nSPS) is 11.4. The van der Waals surface area contributed by atoms with Crippen LogP contribution in [0.2, 0.25) is 0 Å². The van der Waals surface area contributed by atoms with Crippen LogP contribution in [0.25, 0.3) is 27.6 Å². The van der Waals surface area contributed by atoms with Gasteiger partial charge in [0.25, 0.3) is 0 Å². The van der Waals surface area contributed by atoms with Crippen LogP contribution in [0.4, 0.5) is 5.69 Å². The zero-order chi connectivity index (χ0) is 19.5. The molecule has 0 spiro atoms. The zero-order valence-electron chi connectivity index (χ0n) is 15.1. The second kappa shape index (κ2) is 7.97. The Hall–Kier alpha value is -2.94. The first-order valence-corrected chi connectivity index (χ1v) is 10.4. The maximum Gasteiger partial charge on any atom is 0.136 e. The maximum absolute atomic E-state index is 9.59. The van der Waals surface area contributed by atoms with Crippen LogP contribution in [-0.4, -0.2) is 4.98 Å². The van der Waals surface area contributed by atoms with Crippen LogP contribution in [0.15, 0.2) is 76.7 Å². The van der Waals surface area contributed by atoms with Gasteiger partial charge in [0.2, 0.25) is 0 Å². The molecule has 5 heteroatoms.